The molecule has 0 aliphatic rings. The number of hydrogen-bond acceptors (Lipinski definition) is 2. The fourth-order valence-corrected chi connectivity index (χ4v) is 0.498. The van der Waals surface area contributed by atoms with Crippen molar-refractivity contribution in [3.05, 3.63) is 11.1 Å². The molecule has 8 heteroatoms. The normalized spacial score (nSPS) is 12.4. The van der Waals surface area contributed by atoms with Crippen LogP contribution in [0.3, 0.4) is 0 Å². The minimum atomic E-state index is -4.98. The van der Waals surface area contributed by atoms with Crippen LogP contribution in [0.1, 0.15) is 0 Å². The lowest BCUT2D eigenvalue weighted by Gasteiger charge is -2.04. The number of rotatable bonds is 3. The van der Waals surface area contributed by atoms with Crippen LogP contribution in [0.15, 0.2) is 11.1 Å². The standard InChI is InChI=1S/C6H5ClF3NO3/c7-3(4(12)13)1-2-11-5(14)6(8,9)10/h1H,2H2,(H,11,14)(H,12,13)/b3-1-. The van der Waals surface area contributed by atoms with Gasteiger partial charge in [-0.05, 0) is 6.08 Å². The molecule has 0 aromatic rings. The van der Waals surface area contributed by atoms with Crippen LogP contribution in [-0.4, -0.2) is 29.7 Å². The largest absolute Gasteiger partial charge is 0.477 e. The predicted molar refractivity (Wildman–Crippen MR) is 40.6 cm³/mol. The Labute approximate surface area is 81.3 Å². The molecule has 0 saturated heterocycles. The Hall–Kier alpha value is -1.24. The van der Waals surface area contributed by atoms with E-state index in [9.17, 15) is 22.8 Å². The van der Waals surface area contributed by atoms with Crippen LogP contribution in [0, 0.1) is 0 Å². The summed E-state index contributed by atoms with van der Waals surface area (Å²) in [7, 11) is 0. The van der Waals surface area contributed by atoms with Crippen molar-refractivity contribution in [1.29, 1.82) is 0 Å². The summed E-state index contributed by atoms with van der Waals surface area (Å²) in [5.41, 5.74) is 0. The molecule has 0 aliphatic heterocycles. The molecule has 0 aromatic carbocycles. The van der Waals surface area contributed by atoms with Crippen molar-refractivity contribution in [2.24, 2.45) is 0 Å². The summed E-state index contributed by atoms with van der Waals surface area (Å²) in [6, 6.07) is 0. The predicted octanol–water partition coefficient (Wildman–Crippen LogP) is 0.872. The summed E-state index contributed by atoms with van der Waals surface area (Å²) in [4.78, 5) is 20.2. The number of carboxylic acid groups (broad SMARTS) is 1. The van der Waals surface area contributed by atoms with E-state index in [0.29, 0.717) is 0 Å². The van der Waals surface area contributed by atoms with E-state index in [1.807, 2.05) is 0 Å². The Bertz CT molecular complexity index is 274. The molecule has 1 amide bonds. The van der Waals surface area contributed by atoms with Gasteiger partial charge >= 0.3 is 18.1 Å². The molecule has 0 rings (SSSR count). The van der Waals surface area contributed by atoms with E-state index in [1.54, 1.807) is 0 Å². The number of carbonyl (C=O) groups excluding carboxylic acids is 1. The lowest BCUT2D eigenvalue weighted by atomic mass is 10.4. The number of carboxylic acids is 1. The van der Waals surface area contributed by atoms with E-state index >= 15 is 0 Å². The molecule has 0 spiro atoms. The zero-order valence-electron chi connectivity index (χ0n) is 6.56. The highest BCUT2D eigenvalue weighted by Crippen LogP contribution is 2.13. The molecule has 0 unspecified atom stereocenters. The number of nitrogens with one attached hydrogen (secondary N) is 1. The SMILES string of the molecule is O=C(O)/C(Cl)=C/CNC(=O)C(F)(F)F. The molecule has 0 aliphatic carbocycles. The minimum absolute atomic E-state index is 0.594. The Balaban J connectivity index is 4.04. The van der Waals surface area contributed by atoms with Crippen molar-refractivity contribution < 1.29 is 27.9 Å². The molecular formula is C6H5ClF3NO3. The van der Waals surface area contributed by atoms with Crippen LogP contribution in [0.4, 0.5) is 13.2 Å². The summed E-state index contributed by atoms with van der Waals surface area (Å²) in [6.07, 6.45) is -4.24. The van der Waals surface area contributed by atoms with Gasteiger partial charge in [-0.2, -0.15) is 13.2 Å². The van der Waals surface area contributed by atoms with Crippen LogP contribution in [0.25, 0.3) is 0 Å². The zero-order chi connectivity index (χ0) is 11.4. The fourth-order valence-electron chi connectivity index (χ4n) is 0.421. The molecule has 0 aromatic heterocycles. The molecule has 0 fully saturated rings. The van der Waals surface area contributed by atoms with Gasteiger partial charge in [-0.25, -0.2) is 4.79 Å². The molecule has 0 atom stereocenters. The Morgan fingerprint density at radius 2 is 1.93 bits per heavy atom. The first kappa shape index (κ1) is 12.8. The van der Waals surface area contributed by atoms with Crippen molar-refractivity contribution in [3.63, 3.8) is 0 Å². The summed E-state index contributed by atoms with van der Waals surface area (Å²) < 4.78 is 34.7. The highest BCUT2D eigenvalue weighted by molar-refractivity contribution is 6.40. The topological polar surface area (TPSA) is 66.4 Å². The maximum absolute atomic E-state index is 11.6. The molecule has 0 radical (unpaired) electrons. The second-order valence-electron chi connectivity index (χ2n) is 2.06. The second kappa shape index (κ2) is 4.85. The van der Waals surface area contributed by atoms with E-state index in [0.717, 1.165) is 6.08 Å². The van der Waals surface area contributed by atoms with Crippen LogP contribution in [-0.2, 0) is 9.59 Å². The number of amides is 1. The van der Waals surface area contributed by atoms with Gasteiger partial charge in [0.05, 0.1) is 0 Å². The van der Waals surface area contributed by atoms with Crippen LogP contribution in [0.5, 0.6) is 0 Å². The number of alkyl halides is 3. The molecule has 0 bridgehead atoms. The minimum Gasteiger partial charge on any atom is -0.477 e. The quantitative estimate of drug-likeness (QED) is 0.709. The monoisotopic (exact) mass is 231 g/mol. The molecule has 14 heavy (non-hydrogen) atoms. The van der Waals surface area contributed by atoms with Gasteiger partial charge in [0.1, 0.15) is 5.03 Å². The van der Waals surface area contributed by atoms with Crippen LogP contribution >= 0.6 is 11.6 Å². The first-order valence-electron chi connectivity index (χ1n) is 3.19. The maximum Gasteiger partial charge on any atom is 0.471 e. The van der Waals surface area contributed by atoms with Gasteiger partial charge in [0, 0.05) is 6.54 Å². The molecule has 0 saturated carbocycles. The molecule has 80 valence electrons. The van der Waals surface area contributed by atoms with Gasteiger partial charge in [0.15, 0.2) is 0 Å². The van der Waals surface area contributed by atoms with Gasteiger partial charge in [0.2, 0.25) is 0 Å². The Morgan fingerprint density at radius 3 is 2.29 bits per heavy atom. The zero-order valence-corrected chi connectivity index (χ0v) is 7.32. The highest BCUT2D eigenvalue weighted by Gasteiger charge is 2.38. The van der Waals surface area contributed by atoms with Crippen LogP contribution in [0.2, 0.25) is 0 Å². The number of carbonyl (C=O) groups is 2. The third-order valence-electron chi connectivity index (χ3n) is 1.01. The lowest BCUT2D eigenvalue weighted by Crippen LogP contribution is -2.36. The number of aliphatic carboxylic acids is 1. The van der Waals surface area contributed by atoms with E-state index in [2.05, 4.69) is 0 Å². The van der Waals surface area contributed by atoms with Gasteiger partial charge in [-0.1, -0.05) is 11.6 Å². The summed E-state index contributed by atoms with van der Waals surface area (Å²) in [5.74, 6) is -3.63. The van der Waals surface area contributed by atoms with Crippen molar-refractivity contribution in [2.45, 2.75) is 6.18 Å². The maximum atomic E-state index is 11.6. The first-order valence-corrected chi connectivity index (χ1v) is 3.57. The molecular weight excluding hydrogens is 227 g/mol. The average Bonchev–Trinajstić information content (AvgIpc) is 2.01. The van der Waals surface area contributed by atoms with E-state index in [4.69, 9.17) is 16.7 Å². The third kappa shape index (κ3) is 4.70. The van der Waals surface area contributed by atoms with E-state index in [1.165, 1.54) is 5.32 Å². The van der Waals surface area contributed by atoms with E-state index in [-0.39, 0.29) is 0 Å². The van der Waals surface area contributed by atoms with Gasteiger partial charge in [0.25, 0.3) is 0 Å². The van der Waals surface area contributed by atoms with Crippen molar-refractivity contribution in [3.8, 4) is 0 Å². The Morgan fingerprint density at radius 1 is 1.43 bits per heavy atom. The average molecular weight is 232 g/mol. The molecule has 0 heterocycles. The van der Waals surface area contributed by atoms with Gasteiger partial charge in [-0.3, -0.25) is 4.79 Å². The van der Waals surface area contributed by atoms with Gasteiger partial charge < -0.3 is 10.4 Å². The number of halogens is 4. The Kier molecular flexibility index (Phi) is 4.42. The van der Waals surface area contributed by atoms with Crippen molar-refractivity contribution in [2.75, 3.05) is 6.54 Å². The third-order valence-corrected chi connectivity index (χ3v) is 1.32. The molecule has 4 nitrogen and oxygen atoms in total. The molecule has 2 N–H and O–H groups in total. The first-order chi connectivity index (χ1) is 6.25. The smallest absolute Gasteiger partial charge is 0.471 e. The van der Waals surface area contributed by atoms with Crippen LogP contribution < -0.4 is 5.32 Å². The van der Waals surface area contributed by atoms with Crippen molar-refractivity contribution in [1.82, 2.24) is 5.32 Å². The second-order valence-corrected chi connectivity index (χ2v) is 2.47. The lowest BCUT2D eigenvalue weighted by molar-refractivity contribution is -0.173. The highest BCUT2D eigenvalue weighted by atomic mass is 35.5. The fraction of sp³-hybridized carbons (Fsp3) is 0.333. The summed E-state index contributed by atoms with van der Waals surface area (Å²) >= 11 is 5.04. The summed E-state index contributed by atoms with van der Waals surface area (Å²) in [5, 5.41) is 8.93. The van der Waals surface area contributed by atoms with Crippen molar-refractivity contribution >= 4 is 23.5 Å². The van der Waals surface area contributed by atoms with Gasteiger partial charge in [-0.15, -0.1) is 0 Å². The number of hydrogen-bond donors (Lipinski definition) is 2. The summed E-state index contributed by atoms with van der Waals surface area (Å²) in [6.45, 7) is -0.594. The van der Waals surface area contributed by atoms with E-state index < -0.39 is 29.6 Å².